The van der Waals surface area contributed by atoms with Crippen LogP contribution in [0.25, 0.3) is 0 Å². The van der Waals surface area contributed by atoms with E-state index in [9.17, 15) is 0 Å². The molecular formula is C16H32N2. The molecule has 0 aromatic carbocycles. The van der Waals surface area contributed by atoms with Crippen molar-refractivity contribution in [3.63, 3.8) is 0 Å². The van der Waals surface area contributed by atoms with Gasteiger partial charge in [-0.1, -0.05) is 26.7 Å². The molecule has 2 aliphatic heterocycles. The Bertz CT molecular complexity index is 213. The van der Waals surface area contributed by atoms with Gasteiger partial charge in [-0.05, 0) is 70.7 Å². The molecule has 106 valence electrons. The Labute approximate surface area is 114 Å². The molecule has 0 N–H and O–H groups in total. The van der Waals surface area contributed by atoms with Gasteiger partial charge in [0.25, 0.3) is 0 Å². The molecule has 0 atom stereocenters. The van der Waals surface area contributed by atoms with Crippen molar-refractivity contribution in [2.75, 3.05) is 32.7 Å². The number of nitrogens with zero attached hydrogens (tertiary/aromatic N) is 2. The van der Waals surface area contributed by atoms with Crippen LogP contribution in [0.3, 0.4) is 0 Å². The summed E-state index contributed by atoms with van der Waals surface area (Å²) in [6.07, 6.45) is 9.85. The molecule has 0 unspecified atom stereocenters. The maximum Gasteiger partial charge on any atom is 0.0120 e. The van der Waals surface area contributed by atoms with E-state index in [4.69, 9.17) is 0 Å². The second-order valence-corrected chi connectivity index (χ2v) is 6.50. The molecule has 0 aliphatic carbocycles. The Morgan fingerprint density at radius 1 is 0.889 bits per heavy atom. The van der Waals surface area contributed by atoms with E-state index in [-0.39, 0.29) is 0 Å². The topological polar surface area (TPSA) is 6.48 Å². The van der Waals surface area contributed by atoms with Crippen LogP contribution >= 0.6 is 0 Å². The Kier molecular flexibility index (Phi) is 5.97. The fraction of sp³-hybridized carbons (Fsp3) is 1.00. The summed E-state index contributed by atoms with van der Waals surface area (Å²) in [4.78, 5) is 5.47. The van der Waals surface area contributed by atoms with E-state index in [1.54, 1.807) is 0 Å². The molecule has 2 fully saturated rings. The lowest BCUT2D eigenvalue weighted by molar-refractivity contribution is 0.0798. The Morgan fingerprint density at radius 2 is 1.56 bits per heavy atom. The first-order valence-corrected chi connectivity index (χ1v) is 8.26. The zero-order valence-corrected chi connectivity index (χ0v) is 12.5. The average molecular weight is 252 g/mol. The van der Waals surface area contributed by atoms with Crippen molar-refractivity contribution in [1.29, 1.82) is 0 Å². The minimum Gasteiger partial charge on any atom is -0.303 e. The molecular weight excluding hydrogens is 220 g/mol. The number of likely N-dealkylation sites (tertiary alicyclic amines) is 2. The zero-order chi connectivity index (χ0) is 12.8. The smallest absolute Gasteiger partial charge is 0.0120 e. The molecule has 2 heteroatoms. The molecule has 0 bridgehead atoms. The molecule has 0 amide bonds. The van der Waals surface area contributed by atoms with E-state index in [0.717, 1.165) is 12.0 Å². The highest BCUT2D eigenvalue weighted by molar-refractivity contribution is 4.82. The molecule has 2 aliphatic rings. The predicted molar refractivity (Wildman–Crippen MR) is 79.0 cm³/mol. The Morgan fingerprint density at radius 3 is 2.17 bits per heavy atom. The standard InChI is InChI=1S/C16H32N2/c1-3-4-5-10-17-11-8-16(9-12-17)18-13-6-15(2)7-14-18/h15-16H,3-14H2,1-2H3. The van der Waals surface area contributed by atoms with Crippen LogP contribution in [0.2, 0.25) is 0 Å². The monoisotopic (exact) mass is 252 g/mol. The van der Waals surface area contributed by atoms with Crippen molar-refractivity contribution in [2.24, 2.45) is 5.92 Å². The van der Waals surface area contributed by atoms with Crippen LogP contribution in [-0.2, 0) is 0 Å². The Balaban J connectivity index is 1.63. The van der Waals surface area contributed by atoms with Gasteiger partial charge in [-0.3, -0.25) is 0 Å². The van der Waals surface area contributed by atoms with Crippen molar-refractivity contribution >= 4 is 0 Å². The van der Waals surface area contributed by atoms with Crippen LogP contribution in [-0.4, -0.2) is 48.6 Å². The first-order chi connectivity index (χ1) is 8.79. The van der Waals surface area contributed by atoms with Gasteiger partial charge in [-0.2, -0.15) is 0 Å². The van der Waals surface area contributed by atoms with Gasteiger partial charge in [0.1, 0.15) is 0 Å². The highest BCUT2D eigenvalue weighted by atomic mass is 15.2. The maximum atomic E-state index is 2.78. The molecule has 0 radical (unpaired) electrons. The van der Waals surface area contributed by atoms with E-state index < -0.39 is 0 Å². The van der Waals surface area contributed by atoms with Crippen LogP contribution in [0.15, 0.2) is 0 Å². The third-order valence-corrected chi connectivity index (χ3v) is 4.97. The normalized spacial score (nSPS) is 25.7. The SMILES string of the molecule is CCCCCN1CCC(N2CCC(C)CC2)CC1. The summed E-state index contributed by atoms with van der Waals surface area (Å²) in [5, 5.41) is 0. The van der Waals surface area contributed by atoms with Crippen molar-refractivity contribution in [1.82, 2.24) is 9.80 Å². The van der Waals surface area contributed by atoms with Gasteiger partial charge in [0.2, 0.25) is 0 Å². The number of hydrogen-bond acceptors (Lipinski definition) is 2. The zero-order valence-electron chi connectivity index (χ0n) is 12.5. The van der Waals surface area contributed by atoms with Crippen LogP contribution in [0.1, 0.15) is 58.8 Å². The van der Waals surface area contributed by atoms with Crippen LogP contribution in [0, 0.1) is 5.92 Å². The number of piperidine rings is 2. The summed E-state index contributed by atoms with van der Waals surface area (Å²) in [7, 11) is 0. The summed E-state index contributed by atoms with van der Waals surface area (Å²) in [6.45, 7) is 11.5. The summed E-state index contributed by atoms with van der Waals surface area (Å²) in [5.74, 6) is 0.968. The van der Waals surface area contributed by atoms with E-state index in [2.05, 4.69) is 23.6 Å². The van der Waals surface area contributed by atoms with Crippen LogP contribution in [0.5, 0.6) is 0 Å². The minimum atomic E-state index is 0.903. The molecule has 2 nitrogen and oxygen atoms in total. The molecule has 0 spiro atoms. The summed E-state index contributed by atoms with van der Waals surface area (Å²) < 4.78 is 0. The molecule has 2 heterocycles. The van der Waals surface area contributed by atoms with E-state index in [1.165, 1.54) is 77.7 Å². The number of hydrogen-bond donors (Lipinski definition) is 0. The van der Waals surface area contributed by atoms with Gasteiger partial charge in [0.05, 0.1) is 0 Å². The minimum absolute atomic E-state index is 0.903. The highest BCUT2D eigenvalue weighted by Crippen LogP contribution is 2.23. The highest BCUT2D eigenvalue weighted by Gasteiger charge is 2.26. The largest absolute Gasteiger partial charge is 0.303 e. The van der Waals surface area contributed by atoms with Crippen LogP contribution < -0.4 is 0 Å². The predicted octanol–water partition coefficient (Wildman–Crippen LogP) is 3.37. The van der Waals surface area contributed by atoms with Crippen molar-refractivity contribution in [3.8, 4) is 0 Å². The third kappa shape index (κ3) is 4.24. The van der Waals surface area contributed by atoms with Gasteiger partial charge < -0.3 is 9.80 Å². The van der Waals surface area contributed by atoms with Gasteiger partial charge in [0.15, 0.2) is 0 Å². The molecule has 2 saturated heterocycles. The van der Waals surface area contributed by atoms with Gasteiger partial charge >= 0.3 is 0 Å². The van der Waals surface area contributed by atoms with Crippen molar-refractivity contribution in [3.05, 3.63) is 0 Å². The third-order valence-electron chi connectivity index (χ3n) is 4.97. The fourth-order valence-corrected chi connectivity index (χ4v) is 3.49. The van der Waals surface area contributed by atoms with Gasteiger partial charge in [0, 0.05) is 6.04 Å². The van der Waals surface area contributed by atoms with E-state index in [1.807, 2.05) is 0 Å². The van der Waals surface area contributed by atoms with E-state index >= 15 is 0 Å². The number of rotatable bonds is 5. The van der Waals surface area contributed by atoms with Gasteiger partial charge in [-0.25, -0.2) is 0 Å². The molecule has 0 aromatic heterocycles. The number of unbranched alkanes of at least 4 members (excludes halogenated alkanes) is 2. The Hall–Kier alpha value is -0.0800. The van der Waals surface area contributed by atoms with Crippen LogP contribution in [0.4, 0.5) is 0 Å². The summed E-state index contributed by atoms with van der Waals surface area (Å²) in [5.41, 5.74) is 0. The van der Waals surface area contributed by atoms with Crippen molar-refractivity contribution in [2.45, 2.75) is 64.8 Å². The lowest BCUT2D eigenvalue weighted by atomic mass is 9.95. The molecule has 0 saturated carbocycles. The molecule has 0 aromatic rings. The second kappa shape index (κ2) is 7.49. The second-order valence-electron chi connectivity index (χ2n) is 6.50. The van der Waals surface area contributed by atoms with Crippen molar-refractivity contribution < 1.29 is 0 Å². The first-order valence-electron chi connectivity index (χ1n) is 8.26. The summed E-state index contributed by atoms with van der Waals surface area (Å²) >= 11 is 0. The fourth-order valence-electron chi connectivity index (χ4n) is 3.49. The lowest BCUT2D eigenvalue weighted by Gasteiger charge is -2.41. The quantitative estimate of drug-likeness (QED) is 0.692. The van der Waals surface area contributed by atoms with Gasteiger partial charge in [-0.15, -0.1) is 0 Å². The molecule has 2 rings (SSSR count). The maximum absolute atomic E-state index is 2.78. The average Bonchev–Trinajstić information content (AvgIpc) is 2.41. The first kappa shape index (κ1) is 14.3. The lowest BCUT2D eigenvalue weighted by Crippen LogP contribution is -2.47. The summed E-state index contributed by atoms with van der Waals surface area (Å²) in [6, 6.07) is 0.903. The van der Waals surface area contributed by atoms with E-state index in [0.29, 0.717) is 0 Å². The molecule has 18 heavy (non-hydrogen) atoms.